The van der Waals surface area contributed by atoms with E-state index in [9.17, 15) is 20.0 Å². The molecular formula is C24H25N3O3. The number of amides is 2. The number of carbonyl (C=O) groups excluding carboxylic acids is 2. The van der Waals surface area contributed by atoms with Gasteiger partial charge in [0.2, 0.25) is 5.91 Å². The lowest BCUT2D eigenvalue weighted by Gasteiger charge is -2.51. The highest BCUT2D eigenvalue weighted by atomic mass is 16.3. The van der Waals surface area contributed by atoms with E-state index in [0.717, 1.165) is 29.5 Å². The molecule has 2 aliphatic rings. The van der Waals surface area contributed by atoms with Crippen LogP contribution < -0.4 is 0 Å². The van der Waals surface area contributed by atoms with Gasteiger partial charge < -0.3 is 14.9 Å². The van der Waals surface area contributed by atoms with E-state index in [1.807, 2.05) is 42.5 Å². The lowest BCUT2D eigenvalue weighted by Crippen LogP contribution is -2.65. The Balaban J connectivity index is 1.56. The predicted octanol–water partition coefficient (Wildman–Crippen LogP) is 2.64. The Hall–Kier alpha value is -3.17. The molecule has 6 nitrogen and oxygen atoms in total. The van der Waals surface area contributed by atoms with Gasteiger partial charge in [0.05, 0.1) is 18.7 Å². The molecule has 2 fully saturated rings. The minimum atomic E-state index is -0.540. The summed E-state index contributed by atoms with van der Waals surface area (Å²) in [6, 6.07) is 16.7. The van der Waals surface area contributed by atoms with E-state index in [2.05, 4.69) is 6.07 Å². The van der Waals surface area contributed by atoms with Crippen LogP contribution in [-0.2, 0) is 4.79 Å². The molecule has 0 spiro atoms. The number of aliphatic hydroxyl groups excluding tert-OH is 1. The number of nitrogens with zero attached hydrogens (tertiary/aromatic N) is 3. The van der Waals surface area contributed by atoms with Crippen molar-refractivity contribution in [3.63, 3.8) is 0 Å². The van der Waals surface area contributed by atoms with E-state index in [1.165, 1.54) is 0 Å². The molecule has 2 amide bonds. The summed E-state index contributed by atoms with van der Waals surface area (Å²) in [5.74, 6) is -0.226. The van der Waals surface area contributed by atoms with Gasteiger partial charge in [-0.25, -0.2) is 0 Å². The average molecular weight is 403 g/mol. The van der Waals surface area contributed by atoms with Crippen LogP contribution in [0, 0.1) is 17.2 Å². The Morgan fingerprint density at radius 2 is 1.83 bits per heavy atom. The van der Waals surface area contributed by atoms with Crippen LogP contribution in [0.5, 0.6) is 0 Å². The zero-order chi connectivity index (χ0) is 21.4. The van der Waals surface area contributed by atoms with Gasteiger partial charge in [-0.1, -0.05) is 36.4 Å². The third-order valence-corrected chi connectivity index (χ3v) is 6.06. The molecule has 1 aliphatic carbocycles. The van der Waals surface area contributed by atoms with Gasteiger partial charge in [-0.3, -0.25) is 9.59 Å². The van der Waals surface area contributed by atoms with Crippen LogP contribution in [0.25, 0.3) is 11.1 Å². The van der Waals surface area contributed by atoms with E-state index in [1.54, 1.807) is 30.0 Å². The lowest BCUT2D eigenvalue weighted by molar-refractivity contribution is -0.148. The molecule has 6 heteroatoms. The minimum Gasteiger partial charge on any atom is -0.394 e. The summed E-state index contributed by atoms with van der Waals surface area (Å²) in [4.78, 5) is 27.9. The topological polar surface area (TPSA) is 84.6 Å². The van der Waals surface area contributed by atoms with Gasteiger partial charge in [0.1, 0.15) is 6.04 Å². The second-order valence-corrected chi connectivity index (χ2v) is 8.27. The molecule has 3 atom stereocenters. The summed E-state index contributed by atoms with van der Waals surface area (Å²) >= 11 is 0. The molecule has 2 aromatic rings. The van der Waals surface area contributed by atoms with Gasteiger partial charge in [0.25, 0.3) is 5.91 Å². The first-order valence-electron chi connectivity index (χ1n) is 10.2. The Bertz CT molecular complexity index is 1010. The van der Waals surface area contributed by atoms with Crippen molar-refractivity contribution < 1.29 is 14.7 Å². The molecule has 0 bridgehead atoms. The molecule has 0 unspecified atom stereocenters. The summed E-state index contributed by atoms with van der Waals surface area (Å²) in [6.07, 6.45) is 1.75. The number of benzene rings is 2. The second-order valence-electron chi connectivity index (χ2n) is 8.27. The average Bonchev–Trinajstić information content (AvgIpc) is 3.59. The number of nitriles is 1. The fraction of sp³-hybridized carbons (Fsp3) is 0.375. The highest BCUT2D eigenvalue weighted by Crippen LogP contribution is 2.44. The summed E-state index contributed by atoms with van der Waals surface area (Å²) in [6.45, 7) is -0.155. The van der Waals surface area contributed by atoms with Gasteiger partial charge in [0.15, 0.2) is 0 Å². The first-order valence-corrected chi connectivity index (χ1v) is 10.2. The number of likely N-dealkylation sites (tertiary alicyclic amines) is 1. The maximum Gasteiger partial charge on any atom is 0.253 e. The second kappa shape index (κ2) is 7.92. The first-order chi connectivity index (χ1) is 14.5. The largest absolute Gasteiger partial charge is 0.394 e. The summed E-state index contributed by atoms with van der Waals surface area (Å²) in [7, 11) is 3.45. The molecule has 0 radical (unpaired) electrons. The Kier molecular flexibility index (Phi) is 5.31. The van der Waals surface area contributed by atoms with Gasteiger partial charge >= 0.3 is 0 Å². The maximum absolute atomic E-state index is 12.5. The molecule has 154 valence electrons. The van der Waals surface area contributed by atoms with Crippen LogP contribution in [0.15, 0.2) is 48.5 Å². The molecule has 1 saturated heterocycles. The predicted molar refractivity (Wildman–Crippen MR) is 112 cm³/mol. The van der Waals surface area contributed by atoms with E-state index in [0.29, 0.717) is 5.56 Å². The zero-order valence-corrected chi connectivity index (χ0v) is 17.2. The van der Waals surface area contributed by atoms with E-state index in [-0.39, 0.29) is 36.3 Å². The molecular weight excluding hydrogens is 378 g/mol. The Labute approximate surface area is 176 Å². The normalized spacial score (nSPS) is 22.7. The number of hydrogen-bond acceptors (Lipinski definition) is 4. The number of aliphatic hydroxyl groups is 1. The fourth-order valence-electron chi connectivity index (χ4n) is 4.24. The van der Waals surface area contributed by atoms with Crippen LogP contribution in [0.3, 0.4) is 0 Å². The first kappa shape index (κ1) is 20.1. The standard InChI is InChI=1S/C24H25N3O3/c1-26(2)23(29)19-5-3-4-18(12-19)15-6-8-16(9-7-15)22-20(13-25)27(21(22)14-28)24(30)17-10-11-17/h3-9,12,17,20-22,28H,10-11,14H2,1-2H3/t20-,21+,22-/m0/s1. The minimum absolute atomic E-state index is 0.00385. The number of rotatable bonds is 5. The van der Waals surface area contributed by atoms with Crippen LogP contribution in [0.1, 0.15) is 34.7 Å². The van der Waals surface area contributed by atoms with Crippen LogP contribution in [-0.4, -0.2) is 59.5 Å². The van der Waals surface area contributed by atoms with Crippen molar-refractivity contribution in [3.8, 4) is 17.2 Å². The third kappa shape index (κ3) is 3.46. The van der Waals surface area contributed by atoms with Crippen molar-refractivity contribution in [1.82, 2.24) is 9.80 Å². The van der Waals surface area contributed by atoms with Gasteiger partial charge in [-0.15, -0.1) is 0 Å². The number of carbonyl (C=O) groups is 2. The Morgan fingerprint density at radius 3 is 2.40 bits per heavy atom. The highest BCUT2D eigenvalue weighted by molar-refractivity contribution is 5.95. The fourth-order valence-corrected chi connectivity index (χ4v) is 4.24. The third-order valence-electron chi connectivity index (χ3n) is 6.06. The molecule has 1 aliphatic heterocycles. The summed E-state index contributed by atoms with van der Waals surface area (Å²) in [5.41, 5.74) is 3.46. The van der Waals surface area contributed by atoms with Crippen LogP contribution in [0.4, 0.5) is 0 Å². The van der Waals surface area contributed by atoms with Gasteiger partial charge in [-0.05, 0) is 41.7 Å². The molecule has 4 rings (SSSR count). The van der Waals surface area contributed by atoms with Crippen molar-refractivity contribution in [2.24, 2.45) is 5.92 Å². The van der Waals surface area contributed by atoms with E-state index < -0.39 is 6.04 Å². The molecule has 1 heterocycles. The van der Waals surface area contributed by atoms with E-state index in [4.69, 9.17) is 0 Å². The quantitative estimate of drug-likeness (QED) is 0.832. The van der Waals surface area contributed by atoms with Crippen molar-refractivity contribution in [2.45, 2.75) is 30.8 Å². The summed E-state index contributed by atoms with van der Waals surface area (Å²) in [5, 5.41) is 19.5. The zero-order valence-electron chi connectivity index (χ0n) is 17.2. The van der Waals surface area contributed by atoms with E-state index >= 15 is 0 Å². The molecule has 1 saturated carbocycles. The maximum atomic E-state index is 12.5. The monoisotopic (exact) mass is 403 g/mol. The molecule has 1 N–H and O–H groups in total. The summed E-state index contributed by atoms with van der Waals surface area (Å²) < 4.78 is 0. The molecule has 2 aromatic carbocycles. The highest BCUT2D eigenvalue weighted by Gasteiger charge is 2.53. The van der Waals surface area contributed by atoms with Crippen molar-refractivity contribution >= 4 is 11.8 Å². The van der Waals surface area contributed by atoms with Crippen molar-refractivity contribution in [1.29, 1.82) is 5.26 Å². The van der Waals surface area contributed by atoms with Crippen molar-refractivity contribution in [3.05, 3.63) is 59.7 Å². The smallest absolute Gasteiger partial charge is 0.253 e. The van der Waals surface area contributed by atoms with Gasteiger partial charge in [-0.2, -0.15) is 5.26 Å². The SMILES string of the molecule is CN(C)C(=O)c1cccc(-c2ccc([C@@H]3[C@@H](CO)N(C(=O)C4CC4)[C@H]3C#N)cc2)c1. The van der Waals surface area contributed by atoms with Crippen molar-refractivity contribution in [2.75, 3.05) is 20.7 Å². The van der Waals surface area contributed by atoms with Crippen LogP contribution >= 0.6 is 0 Å². The molecule has 30 heavy (non-hydrogen) atoms. The van der Waals surface area contributed by atoms with Gasteiger partial charge in [0, 0.05) is 31.5 Å². The lowest BCUT2D eigenvalue weighted by atomic mass is 9.75. The number of hydrogen-bond donors (Lipinski definition) is 1. The van der Waals surface area contributed by atoms with Crippen LogP contribution in [0.2, 0.25) is 0 Å². The Morgan fingerprint density at radius 1 is 1.13 bits per heavy atom. The molecule has 0 aromatic heterocycles.